The van der Waals surface area contributed by atoms with E-state index in [0.717, 1.165) is 5.69 Å². The summed E-state index contributed by atoms with van der Waals surface area (Å²) >= 11 is 4.24. The topological polar surface area (TPSA) is 76.4 Å². The first-order valence-corrected chi connectivity index (χ1v) is 9.29. The summed E-state index contributed by atoms with van der Waals surface area (Å²) in [4.78, 5) is 32.9. The monoisotopic (exact) mass is 352 g/mol. The van der Waals surface area contributed by atoms with Gasteiger partial charge in [0.1, 0.15) is 0 Å². The van der Waals surface area contributed by atoms with E-state index in [2.05, 4.69) is 15.3 Å². The molecule has 0 atom stereocenters. The molecule has 3 heterocycles. The van der Waals surface area contributed by atoms with Crippen molar-refractivity contribution < 1.29 is 4.79 Å². The third kappa shape index (κ3) is 3.54. The van der Waals surface area contributed by atoms with Gasteiger partial charge in [-0.05, 0) is 6.92 Å². The largest absolute Gasteiger partial charge is 0.301 e. The van der Waals surface area contributed by atoms with Crippen LogP contribution in [-0.4, -0.2) is 26.0 Å². The average molecular weight is 352 g/mol. The molecule has 0 saturated heterocycles. The number of hydrogen-bond acceptors (Lipinski definition) is 7. The summed E-state index contributed by atoms with van der Waals surface area (Å²) in [6, 6.07) is 1.51. The Morgan fingerprint density at radius 3 is 3.05 bits per heavy atom. The van der Waals surface area contributed by atoms with Crippen molar-refractivity contribution in [1.82, 2.24) is 14.4 Å². The van der Waals surface area contributed by atoms with Crippen molar-refractivity contribution in [1.29, 1.82) is 0 Å². The molecular weight excluding hydrogens is 340 g/mol. The Kier molecular flexibility index (Phi) is 4.55. The zero-order valence-corrected chi connectivity index (χ0v) is 14.1. The van der Waals surface area contributed by atoms with E-state index >= 15 is 0 Å². The summed E-state index contributed by atoms with van der Waals surface area (Å²) in [5.41, 5.74) is 1.49. The van der Waals surface area contributed by atoms with Crippen molar-refractivity contribution in [3.63, 3.8) is 0 Å². The van der Waals surface area contributed by atoms with Gasteiger partial charge in [-0.25, -0.2) is 9.97 Å². The molecule has 6 nitrogen and oxygen atoms in total. The second kappa shape index (κ2) is 6.59. The summed E-state index contributed by atoms with van der Waals surface area (Å²) in [5, 5.41) is 7.07. The summed E-state index contributed by atoms with van der Waals surface area (Å²) in [7, 11) is 0. The third-order valence-corrected chi connectivity index (χ3v) is 5.30. The molecular formula is C13H12N4O2S3. The first kappa shape index (κ1) is 15.2. The van der Waals surface area contributed by atoms with E-state index in [1.165, 1.54) is 44.9 Å². The van der Waals surface area contributed by atoms with Crippen molar-refractivity contribution in [2.24, 2.45) is 0 Å². The van der Waals surface area contributed by atoms with Crippen molar-refractivity contribution in [2.45, 2.75) is 12.7 Å². The lowest BCUT2D eigenvalue weighted by Crippen LogP contribution is -2.15. The first-order chi connectivity index (χ1) is 10.6. The van der Waals surface area contributed by atoms with E-state index in [1.54, 1.807) is 6.20 Å². The molecule has 0 aromatic carbocycles. The number of thioether (sulfide) groups is 1. The Labute approximate surface area is 138 Å². The minimum absolute atomic E-state index is 0.0930. The smallest absolute Gasteiger partial charge is 0.258 e. The van der Waals surface area contributed by atoms with E-state index < -0.39 is 0 Å². The zero-order chi connectivity index (χ0) is 15.5. The predicted molar refractivity (Wildman–Crippen MR) is 91.0 cm³/mol. The molecule has 0 saturated carbocycles. The molecule has 0 radical (unpaired) electrons. The van der Waals surface area contributed by atoms with E-state index in [1.807, 2.05) is 17.7 Å². The minimum atomic E-state index is -0.103. The number of aryl methyl sites for hydroxylation is 1. The molecule has 0 bridgehead atoms. The van der Waals surface area contributed by atoms with Crippen molar-refractivity contribution >= 4 is 50.4 Å². The second-order valence-electron chi connectivity index (χ2n) is 4.48. The molecule has 9 heteroatoms. The number of carbonyl (C=O) groups excluding carboxylic acids is 1. The van der Waals surface area contributed by atoms with Gasteiger partial charge in [0.15, 0.2) is 10.1 Å². The molecule has 0 spiro atoms. The van der Waals surface area contributed by atoms with Gasteiger partial charge < -0.3 is 5.32 Å². The van der Waals surface area contributed by atoms with Crippen LogP contribution in [0, 0.1) is 6.92 Å². The van der Waals surface area contributed by atoms with Gasteiger partial charge in [-0.1, -0.05) is 0 Å². The fourth-order valence-electron chi connectivity index (χ4n) is 1.78. The highest BCUT2D eigenvalue weighted by Crippen LogP contribution is 2.16. The predicted octanol–water partition coefficient (Wildman–Crippen LogP) is 2.39. The minimum Gasteiger partial charge on any atom is -0.301 e. The number of anilines is 1. The number of carbonyl (C=O) groups is 1. The molecule has 3 aromatic heterocycles. The van der Waals surface area contributed by atoms with Crippen LogP contribution in [0.1, 0.15) is 11.4 Å². The highest BCUT2D eigenvalue weighted by Gasteiger charge is 2.07. The maximum atomic E-state index is 11.8. The second-order valence-corrected chi connectivity index (χ2v) is 7.19. The van der Waals surface area contributed by atoms with Crippen LogP contribution in [-0.2, 0) is 10.5 Å². The zero-order valence-electron chi connectivity index (χ0n) is 11.6. The molecule has 0 aliphatic carbocycles. The lowest BCUT2D eigenvalue weighted by molar-refractivity contribution is -0.113. The number of thiazole rings is 2. The molecule has 3 rings (SSSR count). The summed E-state index contributed by atoms with van der Waals surface area (Å²) < 4.78 is 1.51. The van der Waals surface area contributed by atoms with E-state index in [9.17, 15) is 9.59 Å². The number of hydrogen-bond donors (Lipinski definition) is 1. The van der Waals surface area contributed by atoms with Crippen LogP contribution < -0.4 is 10.9 Å². The average Bonchev–Trinajstić information content (AvgIpc) is 3.08. The summed E-state index contributed by atoms with van der Waals surface area (Å²) in [6.45, 7) is 1.88. The van der Waals surface area contributed by atoms with Gasteiger partial charge in [0.05, 0.1) is 17.1 Å². The Morgan fingerprint density at radius 2 is 2.27 bits per heavy atom. The van der Waals surface area contributed by atoms with Gasteiger partial charge in [-0.3, -0.25) is 14.0 Å². The Balaban J connectivity index is 1.55. The fourth-order valence-corrected chi connectivity index (χ4v) is 3.94. The molecule has 0 unspecified atom stereocenters. The van der Waals surface area contributed by atoms with E-state index in [0.29, 0.717) is 27.3 Å². The maximum Gasteiger partial charge on any atom is 0.258 e. The SMILES string of the molecule is Cc1csc(NC(=O)CSCc2cc(=O)n3ccsc3n2)n1. The fraction of sp³-hybridized carbons (Fsp3) is 0.231. The Bertz CT molecular complexity index is 867. The molecule has 22 heavy (non-hydrogen) atoms. The van der Waals surface area contributed by atoms with Crippen LogP contribution in [0.25, 0.3) is 4.96 Å². The van der Waals surface area contributed by atoms with Gasteiger partial charge in [0, 0.05) is 28.8 Å². The maximum absolute atomic E-state index is 11.8. The lowest BCUT2D eigenvalue weighted by atomic mass is 10.4. The number of amides is 1. The third-order valence-electron chi connectivity index (χ3n) is 2.70. The van der Waals surface area contributed by atoms with E-state index in [4.69, 9.17) is 0 Å². The molecule has 3 aromatic rings. The van der Waals surface area contributed by atoms with Crippen LogP contribution in [0.4, 0.5) is 5.13 Å². The molecule has 0 aliphatic heterocycles. The molecule has 1 N–H and O–H groups in total. The summed E-state index contributed by atoms with van der Waals surface area (Å²) in [6.07, 6.45) is 1.70. The first-order valence-electron chi connectivity index (χ1n) is 6.37. The molecule has 0 aliphatic rings. The highest BCUT2D eigenvalue weighted by atomic mass is 32.2. The number of fused-ring (bicyclic) bond motifs is 1. The molecule has 0 fully saturated rings. The van der Waals surface area contributed by atoms with Gasteiger partial charge in [-0.2, -0.15) is 0 Å². The van der Waals surface area contributed by atoms with Crippen molar-refractivity contribution in [3.05, 3.63) is 44.8 Å². The molecule has 1 amide bonds. The Morgan fingerprint density at radius 1 is 1.41 bits per heavy atom. The van der Waals surface area contributed by atoms with Gasteiger partial charge in [-0.15, -0.1) is 34.4 Å². The Hall–Kier alpha value is -1.71. The number of nitrogens with zero attached hydrogens (tertiary/aromatic N) is 3. The quantitative estimate of drug-likeness (QED) is 0.763. The van der Waals surface area contributed by atoms with Crippen molar-refractivity contribution in [2.75, 3.05) is 11.1 Å². The summed E-state index contributed by atoms with van der Waals surface area (Å²) in [5.74, 6) is 0.714. The van der Waals surface area contributed by atoms with Crippen molar-refractivity contribution in [3.8, 4) is 0 Å². The highest BCUT2D eigenvalue weighted by molar-refractivity contribution is 7.99. The molecule has 114 valence electrons. The van der Waals surface area contributed by atoms with Crippen LogP contribution in [0.15, 0.2) is 27.8 Å². The lowest BCUT2D eigenvalue weighted by Gasteiger charge is -2.02. The normalized spacial score (nSPS) is 11.0. The standard InChI is InChI=1S/C13H12N4O2S3/c1-8-5-22-12(14-8)16-10(18)7-20-6-9-4-11(19)17-2-3-21-13(17)15-9/h2-5H,6-7H2,1H3,(H,14,16,18). The van der Waals surface area contributed by atoms with Gasteiger partial charge >= 0.3 is 0 Å². The van der Waals surface area contributed by atoms with E-state index in [-0.39, 0.29) is 11.5 Å². The van der Waals surface area contributed by atoms with Crippen LogP contribution in [0.3, 0.4) is 0 Å². The number of rotatable bonds is 5. The number of nitrogens with one attached hydrogen (secondary N) is 1. The van der Waals surface area contributed by atoms with Crippen LogP contribution in [0.2, 0.25) is 0 Å². The van der Waals surface area contributed by atoms with Gasteiger partial charge in [0.2, 0.25) is 5.91 Å². The van der Waals surface area contributed by atoms with Gasteiger partial charge in [0.25, 0.3) is 5.56 Å². The van der Waals surface area contributed by atoms with Crippen LogP contribution >= 0.6 is 34.4 Å². The number of aromatic nitrogens is 3. The van der Waals surface area contributed by atoms with Crippen LogP contribution in [0.5, 0.6) is 0 Å².